The summed E-state index contributed by atoms with van der Waals surface area (Å²) in [4.78, 5) is 28.3. The van der Waals surface area contributed by atoms with Gasteiger partial charge in [0.25, 0.3) is 0 Å². The van der Waals surface area contributed by atoms with Crippen LogP contribution in [-0.4, -0.2) is 26.0 Å². The van der Waals surface area contributed by atoms with Crippen LogP contribution in [0.1, 0.15) is 9.67 Å². The van der Waals surface area contributed by atoms with Gasteiger partial charge in [-0.05, 0) is 66.2 Å². The molecule has 5 aromatic rings. The summed E-state index contributed by atoms with van der Waals surface area (Å²) in [6.07, 6.45) is 3.51. The van der Waals surface area contributed by atoms with Crippen molar-refractivity contribution >= 4 is 28.6 Å². The molecule has 0 spiro atoms. The Morgan fingerprint density at radius 2 is 1.26 bits per heavy atom. The number of rotatable bonds is 5. The van der Waals surface area contributed by atoms with Crippen molar-refractivity contribution in [2.24, 2.45) is 0 Å². The third-order valence-electron chi connectivity index (χ3n) is 4.63. The van der Waals surface area contributed by atoms with Gasteiger partial charge in [0.1, 0.15) is 4.88 Å². The van der Waals surface area contributed by atoms with Crippen LogP contribution in [0.4, 0.5) is 0 Å². The van der Waals surface area contributed by atoms with Gasteiger partial charge in [-0.25, -0.2) is 9.78 Å². The minimum atomic E-state index is -0.901. The number of carboxylic acids is 1. The SMILES string of the molecule is O=C(O)c1ccc(-c2ccc(-c3cc(-c4ccccn4)nc(-c4ccccn4)c3)s2)s1. The fraction of sp³-hybridized carbons (Fsp3) is 0. The van der Waals surface area contributed by atoms with Crippen LogP contribution in [0.15, 0.2) is 85.2 Å². The van der Waals surface area contributed by atoms with Gasteiger partial charge in [0, 0.05) is 27.0 Å². The van der Waals surface area contributed by atoms with Crippen LogP contribution in [0.5, 0.6) is 0 Å². The van der Waals surface area contributed by atoms with Gasteiger partial charge in [0.05, 0.1) is 22.8 Å². The molecule has 150 valence electrons. The number of thiophene rings is 2. The zero-order valence-electron chi connectivity index (χ0n) is 16.1. The molecule has 0 aliphatic heterocycles. The predicted octanol–water partition coefficient (Wildman–Crippen LogP) is 6.36. The van der Waals surface area contributed by atoms with E-state index in [0.29, 0.717) is 4.88 Å². The fourth-order valence-electron chi connectivity index (χ4n) is 3.17. The lowest BCUT2D eigenvalue weighted by molar-refractivity contribution is 0.0702. The molecule has 0 atom stereocenters. The van der Waals surface area contributed by atoms with E-state index in [9.17, 15) is 9.90 Å². The molecule has 7 heteroatoms. The van der Waals surface area contributed by atoms with E-state index in [1.807, 2.05) is 60.7 Å². The van der Waals surface area contributed by atoms with Crippen LogP contribution in [0.25, 0.3) is 43.0 Å². The summed E-state index contributed by atoms with van der Waals surface area (Å²) in [6, 6.07) is 23.2. The normalized spacial score (nSPS) is 10.8. The number of nitrogens with zero attached hydrogens (tertiary/aromatic N) is 3. The predicted molar refractivity (Wildman–Crippen MR) is 124 cm³/mol. The van der Waals surface area contributed by atoms with Crippen molar-refractivity contribution in [2.75, 3.05) is 0 Å². The Hall–Kier alpha value is -3.68. The Morgan fingerprint density at radius 3 is 1.81 bits per heavy atom. The lowest BCUT2D eigenvalue weighted by Gasteiger charge is -2.08. The minimum absolute atomic E-state index is 0.337. The molecule has 5 aromatic heterocycles. The Kier molecular flexibility index (Phi) is 5.11. The van der Waals surface area contributed by atoms with Gasteiger partial charge in [-0.1, -0.05) is 12.1 Å². The third-order valence-corrected chi connectivity index (χ3v) is 7.03. The first kappa shape index (κ1) is 19.3. The lowest BCUT2D eigenvalue weighted by Crippen LogP contribution is -1.93. The van der Waals surface area contributed by atoms with Gasteiger partial charge in [-0.15, -0.1) is 22.7 Å². The maximum Gasteiger partial charge on any atom is 0.345 e. The van der Waals surface area contributed by atoms with Gasteiger partial charge < -0.3 is 5.11 Å². The molecule has 0 bridgehead atoms. The summed E-state index contributed by atoms with van der Waals surface area (Å²) in [7, 11) is 0. The molecule has 31 heavy (non-hydrogen) atoms. The molecule has 0 saturated heterocycles. The first-order valence-corrected chi connectivity index (χ1v) is 11.1. The molecule has 0 aliphatic carbocycles. The maximum atomic E-state index is 11.2. The average molecular weight is 442 g/mol. The highest BCUT2D eigenvalue weighted by atomic mass is 32.1. The van der Waals surface area contributed by atoms with E-state index >= 15 is 0 Å². The van der Waals surface area contributed by atoms with Crippen LogP contribution in [0.3, 0.4) is 0 Å². The average Bonchev–Trinajstić information content (AvgIpc) is 3.50. The van der Waals surface area contributed by atoms with Gasteiger partial charge in [-0.2, -0.15) is 0 Å². The Balaban J connectivity index is 1.60. The van der Waals surface area contributed by atoms with Gasteiger partial charge in [0.2, 0.25) is 0 Å². The second-order valence-corrected chi connectivity index (χ2v) is 8.86. The highest BCUT2D eigenvalue weighted by Crippen LogP contribution is 2.39. The standard InChI is InChI=1S/C24H15N3O2S2/c28-24(29)23-10-9-22(31-23)21-8-7-20(30-21)15-13-18(16-5-1-3-11-25-16)27-19(14-15)17-6-2-4-12-26-17/h1-14H,(H,28,29). The van der Waals surface area contributed by atoms with Crippen molar-refractivity contribution in [3.05, 3.63) is 90.1 Å². The Bertz CT molecular complexity index is 1300. The van der Waals surface area contributed by atoms with Gasteiger partial charge in [0.15, 0.2) is 0 Å². The Morgan fingerprint density at radius 1 is 0.677 bits per heavy atom. The third kappa shape index (κ3) is 4.01. The molecule has 5 rings (SSSR count). The molecule has 0 aliphatic rings. The number of carbonyl (C=O) groups is 1. The molecule has 1 N–H and O–H groups in total. The van der Waals surface area contributed by atoms with E-state index in [4.69, 9.17) is 4.98 Å². The van der Waals surface area contributed by atoms with Crippen LogP contribution in [0, 0.1) is 0 Å². The van der Waals surface area contributed by atoms with E-state index < -0.39 is 5.97 Å². The topological polar surface area (TPSA) is 76.0 Å². The highest BCUT2D eigenvalue weighted by molar-refractivity contribution is 7.24. The second kappa shape index (κ2) is 8.22. The summed E-state index contributed by atoms with van der Waals surface area (Å²) >= 11 is 2.90. The smallest absolute Gasteiger partial charge is 0.345 e. The molecule has 5 heterocycles. The van der Waals surface area contributed by atoms with Crippen molar-refractivity contribution in [3.8, 4) is 43.0 Å². The molecular weight excluding hydrogens is 426 g/mol. The molecule has 5 nitrogen and oxygen atoms in total. The lowest BCUT2D eigenvalue weighted by atomic mass is 10.1. The second-order valence-electron chi connectivity index (χ2n) is 6.69. The van der Waals surface area contributed by atoms with E-state index in [2.05, 4.69) is 16.0 Å². The number of hydrogen-bond donors (Lipinski definition) is 1. The molecule has 0 unspecified atom stereocenters. The van der Waals surface area contributed by atoms with E-state index in [-0.39, 0.29) is 0 Å². The van der Waals surface area contributed by atoms with Crippen molar-refractivity contribution < 1.29 is 9.90 Å². The summed E-state index contributed by atoms with van der Waals surface area (Å²) in [5.74, 6) is -0.901. The molecule has 0 saturated carbocycles. The fourth-order valence-corrected chi connectivity index (χ4v) is 5.10. The van der Waals surface area contributed by atoms with Crippen LogP contribution in [-0.2, 0) is 0 Å². The zero-order valence-corrected chi connectivity index (χ0v) is 17.7. The summed E-state index contributed by atoms with van der Waals surface area (Å²) in [5, 5.41) is 9.20. The zero-order chi connectivity index (χ0) is 21.2. The number of pyridine rings is 3. The van der Waals surface area contributed by atoms with Crippen molar-refractivity contribution in [2.45, 2.75) is 0 Å². The quantitative estimate of drug-likeness (QED) is 0.343. The van der Waals surface area contributed by atoms with Gasteiger partial charge in [-0.3, -0.25) is 9.97 Å². The summed E-state index contributed by atoms with van der Waals surface area (Å²) in [6.45, 7) is 0. The van der Waals surface area contributed by atoms with Crippen LogP contribution in [0.2, 0.25) is 0 Å². The highest BCUT2D eigenvalue weighted by Gasteiger charge is 2.14. The monoisotopic (exact) mass is 441 g/mol. The van der Waals surface area contributed by atoms with Crippen molar-refractivity contribution in [1.82, 2.24) is 15.0 Å². The number of hydrogen-bond acceptors (Lipinski definition) is 6. The Labute approximate surface area is 186 Å². The summed E-state index contributed by atoms with van der Waals surface area (Å²) < 4.78 is 0. The molecule has 0 aromatic carbocycles. The minimum Gasteiger partial charge on any atom is -0.477 e. The van der Waals surface area contributed by atoms with Crippen LogP contribution >= 0.6 is 22.7 Å². The largest absolute Gasteiger partial charge is 0.477 e. The van der Waals surface area contributed by atoms with E-state index in [1.165, 1.54) is 11.3 Å². The maximum absolute atomic E-state index is 11.2. The van der Waals surface area contributed by atoms with Crippen molar-refractivity contribution in [1.29, 1.82) is 0 Å². The van der Waals surface area contributed by atoms with Crippen molar-refractivity contribution in [3.63, 3.8) is 0 Å². The number of aromatic nitrogens is 3. The number of carboxylic acid groups (broad SMARTS) is 1. The number of aromatic carboxylic acids is 1. The molecule has 0 radical (unpaired) electrons. The van der Waals surface area contributed by atoms with E-state index in [1.54, 1.807) is 29.8 Å². The molecule has 0 amide bonds. The van der Waals surface area contributed by atoms with Gasteiger partial charge >= 0.3 is 5.97 Å². The summed E-state index contributed by atoms with van der Waals surface area (Å²) in [5.41, 5.74) is 4.16. The van der Waals surface area contributed by atoms with Crippen LogP contribution < -0.4 is 0 Å². The molecular formula is C24H15N3O2S2. The first-order chi connectivity index (χ1) is 15.2. The van der Waals surface area contributed by atoms with E-state index in [0.717, 1.165) is 43.0 Å². The molecule has 0 fully saturated rings. The first-order valence-electron chi connectivity index (χ1n) is 9.46.